The first kappa shape index (κ1) is 19.4. The lowest BCUT2D eigenvalue weighted by Gasteiger charge is -2.34. The van der Waals surface area contributed by atoms with Crippen LogP contribution in [0.2, 0.25) is 5.02 Å². The Morgan fingerprint density at radius 2 is 1.89 bits per heavy atom. The van der Waals surface area contributed by atoms with Crippen molar-refractivity contribution in [3.05, 3.63) is 28.8 Å². The molecule has 144 valence electrons. The molecule has 2 aliphatic rings. The molecule has 2 atom stereocenters. The van der Waals surface area contributed by atoms with Crippen molar-refractivity contribution in [1.82, 2.24) is 9.80 Å². The summed E-state index contributed by atoms with van der Waals surface area (Å²) in [5.74, 6) is -2.21. The van der Waals surface area contributed by atoms with Crippen LogP contribution < -0.4 is 5.32 Å². The number of hydrogen-bond donors (Lipinski definition) is 1. The SMILES string of the molecule is Cc1ccc(Cl)cc1NC(=O)CN1C(=O)C(=O)N([C@H]2CCCC[C@@H]2C)C1=O. The Labute approximate surface area is 162 Å². The molecular weight excluding hydrogens is 370 g/mol. The highest BCUT2D eigenvalue weighted by Crippen LogP contribution is 2.31. The second-order valence-electron chi connectivity index (χ2n) is 7.19. The molecule has 27 heavy (non-hydrogen) atoms. The topological polar surface area (TPSA) is 86.8 Å². The lowest BCUT2D eigenvalue weighted by atomic mass is 9.85. The summed E-state index contributed by atoms with van der Waals surface area (Å²) in [4.78, 5) is 51.5. The molecule has 3 rings (SSSR count). The first-order valence-electron chi connectivity index (χ1n) is 9.04. The van der Waals surface area contributed by atoms with E-state index in [1.54, 1.807) is 25.1 Å². The molecule has 0 unspecified atom stereocenters. The number of nitrogens with zero attached hydrogens (tertiary/aromatic N) is 2. The van der Waals surface area contributed by atoms with E-state index >= 15 is 0 Å². The van der Waals surface area contributed by atoms with Crippen LogP contribution in [0.25, 0.3) is 0 Å². The Morgan fingerprint density at radius 1 is 1.19 bits per heavy atom. The molecule has 0 aromatic heterocycles. The molecule has 7 nitrogen and oxygen atoms in total. The van der Waals surface area contributed by atoms with Crippen LogP contribution >= 0.6 is 11.6 Å². The van der Waals surface area contributed by atoms with Crippen molar-refractivity contribution in [3.63, 3.8) is 0 Å². The van der Waals surface area contributed by atoms with Gasteiger partial charge in [0.2, 0.25) is 5.91 Å². The quantitative estimate of drug-likeness (QED) is 0.631. The normalized spacial score (nSPS) is 23.1. The Balaban J connectivity index is 1.72. The Morgan fingerprint density at radius 3 is 2.59 bits per heavy atom. The number of urea groups is 1. The number of halogens is 1. The predicted molar refractivity (Wildman–Crippen MR) is 100 cm³/mol. The van der Waals surface area contributed by atoms with Gasteiger partial charge in [-0.15, -0.1) is 0 Å². The van der Waals surface area contributed by atoms with Gasteiger partial charge in [-0.2, -0.15) is 0 Å². The summed E-state index contributed by atoms with van der Waals surface area (Å²) in [6.45, 7) is 3.27. The molecule has 0 radical (unpaired) electrons. The number of rotatable bonds is 4. The van der Waals surface area contributed by atoms with Gasteiger partial charge in [0, 0.05) is 16.8 Å². The number of carbonyl (C=O) groups excluding carboxylic acids is 4. The third-order valence-corrected chi connectivity index (χ3v) is 5.49. The molecule has 1 N–H and O–H groups in total. The molecule has 1 aliphatic heterocycles. The second-order valence-corrected chi connectivity index (χ2v) is 7.62. The van der Waals surface area contributed by atoms with Crippen molar-refractivity contribution in [2.75, 3.05) is 11.9 Å². The van der Waals surface area contributed by atoms with Crippen molar-refractivity contribution < 1.29 is 19.2 Å². The lowest BCUT2D eigenvalue weighted by Crippen LogP contribution is -2.46. The maximum Gasteiger partial charge on any atom is 0.334 e. The summed E-state index contributed by atoms with van der Waals surface area (Å²) >= 11 is 5.93. The number of hydrogen-bond acceptors (Lipinski definition) is 4. The number of nitrogens with one attached hydrogen (secondary N) is 1. The molecule has 8 heteroatoms. The van der Waals surface area contributed by atoms with Gasteiger partial charge in [-0.05, 0) is 43.4 Å². The number of benzene rings is 1. The highest BCUT2D eigenvalue weighted by atomic mass is 35.5. The number of imide groups is 2. The fourth-order valence-corrected chi connectivity index (χ4v) is 3.87. The first-order chi connectivity index (χ1) is 12.8. The summed E-state index contributed by atoms with van der Waals surface area (Å²) in [7, 11) is 0. The average molecular weight is 392 g/mol. The molecule has 1 saturated carbocycles. The van der Waals surface area contributed by atoms with Gasteiger partial charge in [-0.3, -0.25) is 19.3 Å². The fourth-order valence-electron chi connectivity index (χ4n) is 3.70. The van der Waals surface area contributed by atoms with Crippen molar-refractivity contribution in [2.45, 2.75) is 45.6 Å². The van der Waals surface area contributed by atoms with Gasteiger partial charge >= 0.3 is 17.8 Å². The van der Waals surface area contributed by atoms with E-state index in [9.17, 15) is 19.2 Å². The molecule has 0 bridgehead atoms. The van der Waals surface area contributed by atoms with Crippen LogP contribution in [-0.2, 0) is 14.4 Å². The molecular formula is C19H22ClN3O4. The van der Waals surface area contributed by atoms with Crippen LogP contribution in [0, 0.1) is 12.8 Å². The summed E-state index contributed by atoms with van der Waals surface area (Å²) < 4.78 is 0. The Hall–Kier alpha value is -2.41. The van der Waals surface area contributed by atoms with Crippen molar-refractivity contribution in [1.29, 1.82) is 0 Å². The number of carbonyl (C=O) groups is 4. The average Bonchev–Trinajstić information content (AvgIpc) is 2.82. The highest BCUT2D eigenvalue weighted by Gasteiger charge is 2.49. The van der Waals surface area contributed by atoms with Crippen molar-refractivity contribution in [2.24, 2.45) is 5.92 Å². The van der Waals surface area contributed by atoms with Gasteiger partial charge in [-0.25, -0.2) is 9.69 Å². The number of anilines is 1. The minimum absolute atomic E-state index is 0.141. The Bertz CT molecular complexity index is 810. The third-order valence-electron chi connectivity index (χ3n) is 5.26. The fraction of sp³-hybridized carbons (Fsp3) is 0.474. The van der Waals surface area contributed by atoms with E-state index in [4.69, 9.17) is 11.6 Å². The van der Waals surface area contributed by atoms with Gasteiger partial charge in [0.25, 0.3) is 0 Å². The van der Waals surface area contributed by atoms with Gasteiger partial charge in [0.15, 0.2) is 0 Å². The van der Waals surface area contributed by atoms with Crippen LogP contribution in [-0.4, -0.2) is 46.1 Å². The van der Waals surface area contributed by atoms with E-state index in [2.05, 4.69) is 5.32 Å². The molecule has 0 spiro atoms. The number of amides is 5. The largest absolute Gasteiger partial charge is 0.334 e. The lowest BCUT2D eigenvalue weighted by molar-refractivity contribution is -0.145. The van der Waals surface area contributed by atoms with E-state index in [0.717, 1.165) is 34.6 Å². The highest BCUT2D eigenvalue weighted by molar-refractivity contribution is 6.45. The van der Waals surface area contributed by atoms with Gasteiger partial charge in [0.1, 0.15) is 6.54 Å². The third kappa shape index (κ3) is 3.83. The molecule has 1 heterocycles. The van der Waals surface area contributed by atoms with Crippen LogP contribution in [0.4, 0.5) is 10.5 Å². The summed E-state index contributed by atoms with van der Waals surface area (Å²) in [5, 5.41) is 3.09. The summed E-state index contributed by atoms with van der Waals surface area (Å²) in [6.07, 6.45) is 3.56. The summed E-state index contributed by atoms with van der Waals surface area (Å²) in [6, 6.07) is 4.04. The maximum atomic E-state index is 12.7. The molecule has 1 aromatic carbocycles. The second kappa shape index (κ2) is 7.68. The monoisotopic (exact) mass is 391 g/mol. The van der Waals surface area contributed by atoms with Crippen molar-refractivity contribution in [3.8, 4) is 0 Å². The number of aryl methyl sites for hydroxylation is 1. The Kier molecular flexibility index (Phi) is 5.51. The van der Waals surface area contributed by atoms with Crippen molar-refractivity contribution >= 4 is 41.0 Å². The zero-order valence-corrected chi connectivity index (χ0v) is 16.1. The molecule has 2 fully saturated rings. The molecule has 1 saturated heterocycles. The van der Waals surface area contributed by atoms with Crippen LogP contribution in [0.15, 0.2) is 18.2 Å². The first-order valence-corrected chi connectivity index (χ1v) is 9.42. The zero-order valence-electron chi connectivity index (χ0n) is 15.3. The molecule has 1 aliphatic carbocycles. The van der Waals surface area contributed by atoms with Gasteiger partial charge in [-0.1, -0.05) is 37.4 Å². The molecule has 1 aromatic rings. The standard InChI is InChI=1S/C19H22ClN3O4/c1-11-7-8-13(20)9-14(11)21-16(24)10-22-17(25)18(26)23(19(22)27)15-6-4-3-5-12(15)2/h7-9,12,15H,3-6,10H2,1-2H3,(H,21,24)/t12-,15-/m0/s1. The predicted octanol–water partition coefficient (Wildman–Crippen LogP) is 2.96. The van der Waals surface area contributed by atoms with Crippen LogP contribution in [0.3, 0.4) is 0 Å². The van der Waals surface area contributed by atoms with E-state index in [-0.39, 0.29) is 12.0 Å². The maximum absolute atomic E-state index is 12.7. The molecule has 5 amide bonds. The van der Waals surface area contributed by atoms with E-state index in [1.165, 1.54) is 0 Å². The van der Waals surface area contributed by atoms with E-state index in [0.29, 0.717) is 17.1 Å². The van der Waals surface area contributed by atoms with Crippen LogP contribution in [0.5, 0.6) is 0 Å². The minimum Gasteiger partial charge on any atom is -0.324 e. The van der Waals surface area contributed by atoms with Gasteiger partial charge < -0.3 is 5.32 Å². The van der Waals surface area contributed by atoms with E-state index < -0.39 is 30.3 Å². The minimum atomic E-state index is -0.948. The zero-order chi connectivity index (χ0) is 19.7. The van der Waals surface area contributed by atoms with Gasteiger partial charge in [0.05, 0.1) is 0 Å². The smallest absolute Gasteiger partial charge is 0.324 e. The van der Waals surface area contributed by atoms with E-state index in [1.807, 2.05) is 6.92 Å². The van der Waals surface area contributed by atoms with Crippen LogP contribution in [0.1, 0.15) is 38.2 Å². The summed E-state index contributed by atoms with van der Waals surface area (Å²) in [5.41, 5.74) is 1.29.